The molecular formula is C17H23FN2O3. The predicted molar refractivity (Wildman–Crippen MR) is 83.8 cm³/mol. The molecule has 1 fully saturated rings. The van der Waals surface area contributed by atoms with E-state index in [9.17, 15) is 14.0 Å². The van der Waals surface area contributed by atoms with Gasteiger partial charge >= 0.3 is 11.8 Å². The maximum atomic E-state index is 12.8. The number of hydrogen-bond donors (Lipinski definition) is 2. The number of benzene rings is 1. The summed E-state index contributed by atoms with van der Waals surface area (Å²) >= 11 is 0. The molecule has 1 saturated carbocycles. The summed E-state index contributed by atoms with van der Waals surface area (Å²) < 4.78 is 12.8. The molecule has 0 radical (unpaired) electrons. The average molecular weight is 322 g/mol. The monoisotopic (exact) mass is 322 g/mol. The number of hydrogen-bond acceptors (Lipinski definition) is 3. The topological polar surface area (TPSA) is 69.6 Å². The highest BCUT2D eigenvalue weighted by atomic mass is 19.1. The smallest absolute Gasteiger partial charge is 0.311 e. The molecule has 1 aromatic rings. The van der Waals surface area contributed by atoms with E-state index in [4.69, 9.17) is 5.11 Å². The summed E-state index contributed by atoms with van der Waals surface area (Å²) in [6, 6.07) is 5.81. The van der Waals surface area contributed by atoms with Crippen molar-refractivity contribution in [2.75, 3.05) is 13.7 Å². The number of likely N-dealkylation sites (N-methyl/N-ethyl adjacent to an activating group) is 1. The molecular weight excluding hydrogens is 299 g/mol. The zero-order valence-electron chi connectivity index (χ0n) is 13.3. The lowest BCUT2D eigenvalue weighted by Gasteiger charge is -2.33. The molecule has 5 nitrogen and oxygen atoms in total. The van der Waals surface area contributed by atoms with Gasteiger partial charge in [-0.05, 0) is 49.3 Å². The van der Waals surface area contributed by atoms with Gasteiger partial charge in [0.25, 0.3) is 0 Å². The third kappa shape index (κ3) is 4.76. The van der Waals surface area contributed by atoms with Crippen LogP contribution in [0.4, 0.5) is 4.39 Å². The Kier molecular flexibility index (Phi) is 6.10. The minimum absolute atomic E-state index is 0.0434. The summed E-state index contributed by atoms with van der Waals surface area (Å²) in [6.45, 7) is 0.373. The summed E-state index contributed by atoms with van der Waals surface area (Å²) in [5, 5.41) is 11.7. The quantitative estimate of drug-likeness (QED) is 0.825. The molecule has 1 aliphatic rings. The van der Waals surface area contributed by atoms with Crippen LogP contribution in [0.2, 0.25) is 0 Å². The van der Waals surface area contributed by atoms with E-state index in [2.05, 4.69) is 5.32 Å². The van der Waals surface area contributed by atoms with E-state index in [0.29, 0.717) is 5.92 Å². The maximum Gasteiger partial charge on any atom is 0.311 e. The van der Waals surface area contributed by atoms with Crippen LogP contribution >= 0.6 is 0 Å². The summed E-state index contributed by atoms with van der Waals surface area (Å²) in [7, 11) is 1.64. The van der Waals surface area contributed by atoms with Crippen molar-refractivity contribution in [2.45, 2.75) is 38.3 Å². The van der Waals surface area contributed by atoms with Gasteiger partial charge < -0.3 is 15.3 Å². The van der Waals surface area contributed by atoms with Gasteiger partial charge in [0.2, 0.25) is 0 Å². The lowest BCUT2D eigenvalue weighted by molar-refractivity contribution is -0.147. The highest BCUT2D eigenvalue weighted by molar-refractivity contribution is 6.34. The average Bonchev–Trinajstić information content (AvgIpc) is 2.59. The first-order chi connectivity index (χ1) is 11.0. The van der Waals surface area contributed by atoms with Crippen molar-refractivity contribution >= 4 is 11.8 Å². The largest absolute Gasteiger partial charge is 0.396 e. The van der Waals surface area contributed by atoms with Crippen LogP contribution in [-0.2, 0) is 16.1 Å². The standard InChI is InChI=1S/C17H23FN2O3/c1-20(15-8-4-13(11-21)5-9-15)17(23)16(22)19-10-12-2-6-14(18)7-3-12/h2-3,6-7,13,15,21H,4-5,8-11H2,1H3,(H,19,22). The Morgan fingerprint density at radius 1 is 1.22 bits per heavy atom. The van der Waals surface area contributed by atoms with Crippen molar-refractivity contribution in [2.24, 2.45) is 5.92 Å². The number of carbonyl (C=O) groups is 2. The molecule has 0 aromatic heterocycles. The third-order valence-electron chi connectivity index (χ3n) is 4.50. The molecule has 0 unspecified atom stereocenters. The zero-order chi connectivity index (χ0) is 16.8. The molecule has 1 aliphatic carbocycles. The minimum atomic E-state index is -0.652. The molecule has 6 heteroatoms. The fraction of sp³-hybridized carbons (Fsp3) is 0.529. The molecule has 0 saturated heterocycles. The molecule has 0 atom stereocenters. The van der Waals surface area contributed by atoms with Crippen LogP contribution in [0.15, 0.2) is 24.3 Å². The van der Waals surface area contributed by atoms with E-state index in [1.165, 1.54) is 17.0 Å². The second-order valence-corrected chi connectivity index (χ2v) is 6.08. The van der Waals surface area contributed by atoms with Crippen LogP contribution < -0.4 is 5.32 Å². The number of halogens is 1. The van der Waals surface area contributed by atoms with Gasteiger partial charge in [-0.1, -0.05) is 12.1 Å². The Morgan fingerprint density at radius 3 is 2.39 bits per heavy atom. The van der Waals surface area contributed by atoms with Gasteiger partial charge in [-0.3, -0.25) is 9.59 Å². The third-order valence-corrected chi connectivity index (χ3v) is 4.50. The van der Waals surface area contributed by atoms with Crippen LogP contribution in [0.5, 0.6) is 0 Å². The van der Waals surface area contributed by atoms with Crippen molar-refractivity contribution in [1.82, 2.24) is 10.2 Å². The van der Waals surface area contributed by atoms with E-state index in [1.807, 2.05) is 0 Å². The number of amides is 2. The molecule has 2 N–H and O–H groups in total. The van der Waals surface area contributed by atoms with Crippen molar-refractivity contribution in [3.63, 3.8) is 0 Å². The first-order valence-corrected chi connectivity index (χ1v) is 7.91. The molecule has 2 amide bonds. The normalized spacial score (nSPS) is 20.8. The molecule has 23 heavy (non-hydrogen) atoms. The Morgan fingerprint density at radius 2 is 1.83 bits per heavy atom. The van der Waals surface area contributed by atoms with E-state index in [-0.39, 0.29) is 25.0 Å². The highest BCUT2D eigenvalue weighted by Gasteiger charge is 2.29. The van der Waals surface area contributed by atoms with Crippen molar-refractivity contribution in [3.05, 3.63) is 35.6 Å². The molecule has 2 rings (SSSR count). The number of carbonyl (C=O) groups excluding carboxylic acids is 2. The van der Waals surface area contributed by atoms with Gasteiger partial charge in [-0.2, -0.15) is 0 Å². The second kappa shape index (κ2) is 8.06. The van der Waals surface area contributed by atoms with Crippen LogP contribution in [0, 0.1) is 11.7 Å². The van der Waals surface area contributed by atoms with Gasteiger partial charge in [0, 0.05) is 26.2 Å². The number of nitrogens with zero attached hydrogens (tertiary/aromatic N) is 1. The summed E-state index contributed by atoms with van der Waals surface area (Å²) in [5.41, 5.74) is 0.735. The van der Waals surface area contributed by atoms with Crippen molar-refractivity contribution in [1.29, 1.82) is 0 Å². The lowest BCUT2D eigenvalue weighted by Crippen LogP contribution is -2.46. The summed E-state index contributed by atoms with van der Waals surface area (Å²) in [4.78, 5) is 25.6. The SMILES string of the molecule is CN(C(=O)C(=O)NCc1ccc(F)cc1)C1CCC(CO)CC1. The first kappa shape index (κ1) is 17.4. The van der Waals surface area contributed by atoms with Crippen molar-refractivity contribution < 1.29 is 19.1 Å². The number of aliphatic hydroxyl groups is 1. The molecule has 0 aliphatic heterocycles. The lowest BCUT2D eigenvalue weighted by atomic mass is 9.86. The molecule has 126 valence electrons. The Bertz CT molecular complexity index is 539. The summed E-state index contributed by atoms with van der Waals surface area (Å²) in [6.07, 6.45) is 3.35. The molecule has 0 spiro atoms. The van der Waals surface area contributed by atoms with E-state index in [1.54, 1.807) is 19.2 Å². The van der Waals surface area contributed by atoms with Crippen LogP contribution in [0.3, 0.4) is 0 Å². The van der Waals surface area contributed by atoms with Crippen LogP contribution in [-0.4, -0.2) is 41.5 Å². The molecule has 0 heterocycles. The maximum absolute atomic E-state index is 12.8. The van der Waals surface area contributed by atoms with E-state index >= 15 is 0 Å². The van der Waals surface area contributed by atoms with Gasteiger partial charge in [0.05, 0.1) is 0 Å². The minimum Gasteiger partial charge on any atom is -0.396 e. The van der Waals surface area contributed by atoms with E-state index < -0.39 is 11.8 Å². The van der Waals surface area contributed by atoms with Gasteiger partial charge in [0.15, 0.2) is 0 Å². The second-order valence-electron chi connectivity index (χ2n) is 6.08. The van der Waals surface area contributed by atoms with E-state index in [0.717, 1.165) is 31.2 Å². The Hall–Kier alpha value is -1.95. The van der Waals surface area contributed by atoms with Gasteiger partial charge in [0.1, 0.15) is 5.82 Å². The van der Waals surface area contributed by atoms with Gasteiger partial charge in [-0.25, -0.2) is 4.39 Å². The number of nitrogens with one attached hydrogen (secondary N) is 1. The van der Waals surface area contributed by atoms with Gasteiger partial charge in [-0.15, -0.1) is 0 Å². The fourth-order valence-corrected chi connectivity index (χ4v) is 2.90. The number of aliphatic hydroxyl groups excluding tert-OH is 1. The molecule has 0 bridgehead atoms. The Balaban J connectivity index is 1.82. The fourth-order valence-electron chi connectivity index (χ4n) is 2.90. The van der Waals surface area contributed by atoms with Crippen molar-refractivity contribution in [3.8, 4) is 0 Å². The molecule has 1 aromatic carbocycles. The zero-order valence-corrected chi connectivity index (χ0v) is 13.3. The Labute approximate surface area is 135 Å². The van der Waals surface area contributed by atoms with Crippen LogP contribution in [0.25, 0.3) is 0 Å². The first-order valence-electron chi connectivity index (χ1n) is 7.91. The highest BCUT2D eigenvalue weighted by Crippen LogP contribution is 2.26. The van der Waals surface area contributed by atoms with Crippen LogP contribution in [0.1, 0.15) is 31.2 Å². The number of rotatable bonds is 4. The predicted octanol–water partition coefficient (Wildman–Crippen LogP) is 1.45. The summed E-state index contributed by atoms with van der Waals surface area (Å²) in [5.74, 6) is -1.24.